The summed E-state index contributed by atoms with van der Waals surface area (Å²) in [5.41, 5.74) is 1.97. The summed E-state index contributed by atoms with van der Waals surface area (Å²) >= 11 is 12.6. The van der Waals surface area contributed by atoms with Gasteiger partial charge in [-0.25, -0.2) is 0 Å². The molecular weight excluding hydrogens is 454 g/mol. The third kappa shape index (κ3) is 3.98. The fourth-order valence-electron chi connectivity index (χ4n) is 3.19. The van der Waals surface area contributed by atoms with Gasteiger partial charge in [0.1, 0.15) is 21.3 Å². The van der Waals surface area contributed by atoms with Crippen LogP contribution in [0, 0.1) is 13.8 Å². The summed E-state index contributed by atoms with van der Waals surface area (Å²) in [6.45, 7) is 6.03. The molecule has 9 heteroatoms. The Morgan fingerprint density at radius 2 is 2.00 bits per heavy atom. The molecule has 0 N–H and O–H groups in total. The Morgan fingerprint density at radius 1 is 1.23 bits per heavy atom. The number of likely N-dealkylation sites (N-methyl/N-ethyl adjacent to an activating group) is 1. The lowest BCUT2D eigenvalue weighted by Gasteiger charge is -2.12. The third-order valence-electron chi connectivity index (χ3n) is 4.86. The van der Waals surface area contributed by atoms with Crippen LogP contribution in [0.2, 0.25) is 5.02 Å². The number of hydrogen-bond acceptors (Lipinski definition) is 6. The predicted molar refractivity (Wildman–Crippen MR) is 128 cm³/mol. The molecule has 0 bridgehead atoms. The second-order valence-corrected chi connectivity index (χ2v) is 9.04. The maximum Gasteiger partial charge on any atom is 0.269 e. The molecule has 1 aliphatic heterocycles. The Hall–Kier alpha value is -2.68. The number of nitrogens with zero attached hydrogens (tertiary/aromatic N) is 3. The van der Waals surface area contributed by atoms with Crippen LogP contribution in [0.15, 0.2) is 46.2 Å². The number of halogens is 1. The highest BCUT2D eigenvalue weighted by Crippen LogP contribution is 2.34. The molecule has 0 spiro atoms. The van der Waals surface area contributed by atoms with Crippen molar-refractivity contribution in [1.29, 1.82) is 0 Å². The van der Waals surface area contributed by atoms with Crippen LogP contribution in [0.25, 0.3) is 11.7 Å². The van der Waals surface area contributed by atoms with Crippen LogP contribution in [0.5, 0.6) is 11.6 Å². The van der Waals surface area contributed by atoms with E-state index in [0.717, 1.165) is 22.9 Å². The first-order valence-corrected chi connectivity index (χ1v) is 11.1. The Balaban J connectivity index is 1.91. The number of thiocarbonyl (C=S) groups is 1. The summed E-state index contributed by atoms with van der Waals surface area (Å²) in [5, 5.41) is 0.609. The topological polar surface area (TPSA) is 63.9 Å². The van der Waals surface area contributed by atoms with Crippen LogP contribution in [-0.2, 0) is 4.79 Å². The molecule has 0 atom stereocenters. The number of rotatable bonds is 4. The van der Waals surface area contributed by atoms with Gasteiger partial charge in [-0.3, -0.25) is 18.9 Å². The average Bonchev–Trinajstić information content (AvgIpc) is 3.00. The molecule has 1 saturated heterocycles. The van der Waals surface area contributed by atoms with Crippen molar-refractivity contribution in [2.45, 2.75) is 20.8 Å². The van der Waals surface area contributed by atoms with Crippen LogP contribution in [0.3, 0.4) is 0 Å². The second kappa shape index (κ2) is 8.45. The lowest BCUT2D eigenvalue weighted by molar-refractivity contribution is -0.121. The molecule has 1 aliphatic rings. The molecule has 6 nitrogen and oxygen atoms in total. The fraction of sp³-hybridized carbons (Fsp3) is 0.182. The highest BCUT2D eigenvalue weighted by molar-refractivity contribution is 8.26. The van der Waals surface area contributed by atoms with E-state index >= 15 is 0 Å². The van der Waals surface area contributed by atoms with E-state index in [2.05, 4.69) is 4.98 Å². The van der Waals surface area contributed by atoms with Gasteiger partial charge in [0.15, 0.2) is 0 Å². The molecule has 0 aliphatic carbocycles. The van der Waals surface area contributed by atoms with E-state index in [-0.39, 0.29) is 22.9 Å². The minimum absolute atomic E-state index is 0.114. The van der Waals surface area contributed by atoms with Crippen molar-refractivity contribution < 1.29 is 9.53 Å². The summed E-state index contributed by atoms with van der Waals surface area (Å²) in [7, 11) is 0. The number of carbonyl (C=O) groups is 1. The quantitative estimate of drug-likeness (QED) is 0.395. The molecule has 0 radical (unpaired) electrons. The van der Waals surface area contributed by atoms with Gasteiger partial charge in [0.05, 0.1) is 4.91 Å². The minimum Gasteiger partial charge on any atom is -0.438 e. The minimum atomic E-state index is -0.337. The number of thioether (sulfide) groups is 1. The molecule has 3 heterocycles. The monoisotopic (exact) mass is 471 g/mol. The van der Waals surface area contributed by atoms with Crippen molar-refractivity contribution in [3.05, 3.63) is 73.5 Å². The van der Waals surface area contributed by atoms with E-state index in [0.29, 0.717) is 32.2 Å². The molecular formula is C22H18ClN3O3S2. The summed E-state index contributed by atoms with van der Waals surface area (Å²) in [4.78, 5) is 32.5. The molecule has 0 saturated carbocycles. The molecule has 1 fully saturated rings. The zero-order chi connectivity index (χ0) is 22.3. The van der Waals surface area contributed by atoms with Gasteiger partial charge in [0, 0.05) is 17.8 Å². The predicted octanol–water partition coefficient (Wildman–Crippen LogP) is 4.98. The highest BCUT2D eigenvalue weighted by atomic mass is 35.5. The standard InChI is InChI=1S/C22H18ClN3O3S2/c1-4-25-21(28)17(31-22(25)30)11-15-19(29-14-7-8-16(23)13(3)10-14)24-18-12(2)6-5-9-26(18)20(15)27/h5-11H,4H2,1-3H3/b17-11+. The van der Waals surface area contributed by atoms with Crippen molar-refractivity contribution in [1.82, 2.24) is 14.3 Å². The van der Waals surface area contributed by atoms with E-state index in [9.17, 15) is 9.59 Å². The number of pyridine rings is 1. The Kier molecular flexibility index (Phi) is 5.88. The lowest BCUT2D eigenvalue weighted by Crippen LogP contribution is -2.27. The van der Waals surface area contributed by atoms with Crippen LogP contribution < -0.4 is 10.3 Å². The van der Waals surface area contributed by atoms with Gasteiger partial charge in [-0.05, 0) is 62.2 Å². The number of aryl methyl sites for hydroxylation is 2. The maximum absolute atomic E-state index is 13.4. The summed E-state index contributed by atoms with van der Waals surface area (Å²) in [5.74, 6) is 0.366. The van der Waals surface area contributed by atoms with Crippen molar-refractivity contribution in [2.24, 2.45) is 0 Å². The van der Waals surface area contributed by atoms with Crippen molar-refractivity contribution in [3.63, 3.8) is 0 Å². The van der Waals surface area contributed by atoms with Crippen molar-refractivity contribution in [3.8, 4) is 11.6 Å². The Bertz CT molecular complexity index is 1330. The van der Waals surface area contributed by atoms with Gasteiger partial charge in [-0.1, -0.05) is 41.6 Å². The first-order chi connectivity index (χ1) is 14.8. The van der Waals surface area contributed by atoms with Gasteiger partial charge < -0.3 is 4.74 Å². The third-order valence-corrected chi connectivity index (χ3v) is 6.66. The molecule has 31 heavy (non-hydrogen) atoms. The molecule has 158 valence electrons. The van der Waals surface area contributed by atoms with Gasteiger partial charge in [0.2, 0.25) is 5.88 Å². The van der Waals surface area contributed by atoms with Crippen LogP contribution in [0.1, 0.15) is 23.6 Å². The van der Waals surface area contributed by atoms with Gasteiger partial charge in [-0.2, -0.15) is 4.98 Å². The number of fused-ring (bicyclic) bond motifs is 1. The summed E-state index contributed by atoms with van der Waals surface area (Å²) in [6, 6.07) is 8.83. The molecule has 2 aromatic heterocycles. The van der Waals surface area contributed by atoms with Gasteiger partial charge in [0.25, 0.3) is 11.5 Å². The SMILES string of the molecule is CCN1C(=O)/C(=C\c2c(Oc3ccc(Cl)c(C)c3)nc3c(C)cccn3c2=O)SC1=S. The van der Waals surface area contributed by atoms with Crippen LogP contribution >= 0.6 is 35.6 Å². The normalized spacial score (nSPS) is 15.4. The maximum atomic E-state index is 13.4. The fourth-order valence-corrected chi connectivity index (χ4v) is 4.67. The summed E-state index contributed by atoms with van der Waals surface area (Å²) < 4.78 is 7.92. The van der Waals surface area contributed by atoms with E-state index in [1.165, 1.54) is 15.4 Å². The second-order valence-electron chi connectivity index (χ2n) is 6.96. The number of ether oxygens (including phenoxy) is 1. The van der Waals surface area contributed by atoms with Gasteiger partial charge >= 0.3 is 0 Å². The first kappa shape index (κ1) is 21.5. The highest BCUT2D eigenvalue weighted by Gasteiger charge is 2.31. The van der Waals surface area contributed by atoms with Crippen LogP contribution in [0.4, 0.5) is 0 Å². The number of aromatic nitrogens is 2. The number of carbonyl (C=O) groups excluding carboxylic acids is 1. The zero-order valence-corrected chi connectivity index (χ0v) is 19.4. The van der Waals surface area contributed by atoms with Crippen LogP contribution in [-0.4, -0.2) is 31.1 Å². The Morgan fingerprint density at radius 3 is 2.68 bits per heavy atom. The molecule has 1 amide bonds. The number of amides is 1. The lowest BCUT2D eigenvalue weighted by atomic mass is 10.2. The van der Waals surface area contributed by atoms with Crippen molar-refractivity contribution in [2.75, 3.05) is 6.54 Å². The van der Waals surface area contributed by atoms with E-state index in [4.69, 9.17) is 28.6 Å². The molecule has 3 aromatic rings. The van der Waals surface area contributed by atoms with E-state index in [1.54, 1.807) is 30.5 Å². The Labute approximate surface area is 193 Å². The van der Waals surface area contributed by atoms with Crippen molar-refractivity contribution >= 4 is 57.5 Å². The number of hydrogen-bond donors (Lipinski definition) is 0. The first-order valence-electron chi connectivity index (χ1n) is 9.51. The molecule has 0 unspecified atom stereocenters. The largest absolute Gasteiger partial charge is 0.438 e. The number of benzene rings is 1. The molecule has 4 rings (SSSR count). The zero-order valence-electron chi connectivity index (χ0n) is 17.0. The van der Waals surface area contributed by atoms with E-state index < -0.39 is 0 Å². The molecule has 1 aromatic carbocycles. The van der Waals surface area contributed by atoms with E-state index in [1.807, 2.05) is 26.8 Å². The smallest absolute Gasteiger partial charge is 0.269 e. The average molecular weight is 472 g/mol. The van der Waals surface area contributed by atoms with Gasteiger partial charge in [-0.15, -0.1) is 0 Å². The summed E-state index contributed by atoms with van der Waals surface area (Å²) in [6.07, 6.45) is 3.15.